The van der Waals surface area contributed by atoms with Crippen LogP contribution >= 0.6 is 0 Å². The smallest absolute Gasteiger partial charge is 0.155 e. The van der Waals surface area contributed by atoms with Crippen molar-refractivity contribution in [2.24, 2.45) is 5.84 Å². The summed E-state index contributed by atoms with van der Waals surface area (Å²) in [6.07, 6.45) is 3.45. The zero-order valence-electron chi connectivity index (χ0n) is 15.1. The fourth-order valence-corrected chi connectivity index (χ4v) is 1.98. The van der Waals surface area contributed by atoms with Gasteiger partial charge < -0.3 is 11.2 Å². The average Bonchev–Trinajstić information content (AvgIpc) is 3.05. The monoisotopic (exact) mass is 328 g/mol. The topological polar surface area (TPSA) is 94.3 Å². The minimum absolute atomic E-state index is 0.498. The molecule has 1 aromatic carbocycles. The first-order valence-electron chi connectivity index (χ1n) is 8.13. The molecule has 6 nitrogen and oxygen atoms in total. The molecule has 0 atom stereocenters. The highest BCUT2D eigenvalue weighted by Gasteiger charge is 2.02. The summed E-state index contributed by atoms with van der Waals surface area (Å²) < 4.78 is 1.74. The van der Waals surface area contributed by atoms with Crippen molar-refractivity contribution in [3.63, 3.8) is 0 Å². The van der Waals surface area contributed by atoms with Crippen molar-refractivity contribution < 1.29 is 0 Å². The highest BCUT2D eigenvalue weighted by molar-refractivity contribution is 5.66. The summed E-state index contributed by atoms with van der Waals surface area (Å²) in [7, 11) is 0. The van der Waals surface area contributed by atoms with E-state index in [2.05, 4.69) is 29.4 Å². The third kappa shape index (κ3) is 5.24. The van der Waals surface area contributed by atoms with Gasteiger partial charge in [-0.3, -0.25) is 5.84 Å². The predicted molar refractivity (Wildman–Crippen MR) is 102 cm³/mol. The number of hydrogen-bond acceptors (Lipinski definition) is 5. The number of benzene rings is 1. The fourth-order valence-electron chi connectivity index (χ4n) is 1.98. The van der Waals surface area contributed by atoms with Crippen LogP contribution in [0.3, 0.4) is 0 Å². The summed E-state index contributed by atoms with van der Waals surface area (Å²) in [6.45, 7) is 10.3. The number of hydrogen-bond donors (Lipinski definition) is 3. The van der Waals surface area contributed by atoms with Gasteiger partial charge in [0.25, 0.3) is 0 Å². The molecule has 0 unspecified atom stereocenters. The number of fused-ring (bicyclic) bond motifs is 1. The molecule has 0 aliphatic heterocycles. The summed E-state index contributed by atoms with van der Waals surface area (Å²) in [5.74, 6) is 5.79. The van der Waals surface area contributed by atoms with Crippen molar-refractivity contribution in [3.05, 3.63) is 54.0 Å². The van der Waals surface area contributed by atoms with Crippen LogP contribution in [0.5, 0.6) is 0 Å². The standard InChI is InChI=1S/C9H15N3.C7H7N3.C2H6/c1-6(2)7-3-4-8(10)9(5-7)12-11;1-6-2-3-10-7(4-6)8-5-9-10;1-2/h3-6,12H,10-11H2,1-2H3;2-5H,1H3;1-2H3. The molecule has 0 fully saturated rings. The van der Waals surface area contributed by atoms with Gasteiger partial charge in [0.15, 0.2) is 5.65 Å². The first-order valence-corrected chi connectivity index (χ1v) is 8.13. The maximum Gasteiger partial charge on any atom is 0.155 e. The number of nitrogens with one attached hydrogen (secondary N) is 1. The van der Waals surface area contributed by atoms with E-state index in [0.29, 0.717) is 11.6 Å². The molecule has 0 bridgehead atoms. The van der Waals surface area contributed by atoms with Gasteiger partial charge in [-0.2, -0.15) is 5.10 Å². The molecular formula is C18H28N6. The van der Waals surface area contributed by atoms with E-state index in [1.165, 1.54) is 11.1 Å². The quantitative estimate of drug-likeness (QED) is 0.378. The Morgan fingerprint density at radius 1 is 1.12 bits per heavy atom. The van der Waals surface area contributed by atoms with E-state index in [1.54, 1.807) is 10.8 Å². The summed E-state index contributed by atoms with van der Waals surface area (Å²) in [4.78, 5) is 4.03. The minimum atomic E-state index is 0.498. The Balaban J connectivity index is 0.000000220. The summed E-state index contributed by atoms with van der Waals surface area (Å²) in [6, 6.07) is 9.85. The Labute approximate surface area is 143 Å². The molecule has 130 valence electrons. The molecule has 6 heteroatoms. The van der Waals surface area contributed by atoms with Gasteiger partial charge >= 0.3 is 0 Å². The molecule has 0 aliphatic rings. The van der Waals surface area contributed by atoms with Gasteiger partial charge in [-0.1, -0.05) is 33.8 Å². The number of pyridine rings is 1. The number of aromatic nitrogens is 3. The molecule has 0 amide bonds. The fraction of sp³-hybridized carbons (Fsp3) is 0.333. The van der Waals surface area contributed by atoms with E-state index >= 15 is 0 Å². The lowest BCUT2D eigenvalue weighted by atomic mass is 10.0. The van der Waals surface area contributed by atoms with Gasteiger partial charge in [-0.25, -0.2) is 9.50 Å². The number of rotatable bonds is 2. The SMILES string of the molecule is CC.CC(C)c1ccc(N)c(NN)c1.Cc1ccn2ncnc2c1. The number of nitrogens with two attached hydrogens (primary N) is 2. The number of nitrogen functional groups attached to an aromatic ring is 2. The van der Waals surface area contributed by atoms with Crippen LogP contribution in [0.2, 0.25) is 0 Å². The molecule has 0 spiro atoms. The zero-order chi connectivity index (χ0) is 18.1. The predicted octanol–water partition coefficient (Wildman–Crippen LogP) is 3.74. The van der Waals surface area contributed by atoms with E-state index < -0.39 is 0 Å². The lowest BCUT2D eigenvalue weighted by Crippen LogP contribution is -2.09. The van der Waals surface area contributed by atoms with Crippen molar-refractivity contribution in [1.29, 1.82) is 0 Å². The van der Waals surface area contributed by atoms with Crippen LogP contribution in [-0.4, -0.2) is 14.6 Å². The molecule has 0 radical (unpaired) electrons. The van der Waals surface area contributed by atoms with Gasteiger partial charge in [0, 0.05) is 6.20 Å². The Kier molecular flexibility index (Phi) is 7.71. The second-order valence-corrected chi connectivity index (χ2v) is 5.41. The molecular weight excluding hydrogens is 300 g/mol. The third-order valence-electron chi connectivity index (χ3n) is 3.34. The van der Waals surface area contributed by atoms with Crippen LogP contribution < -0.4 is 17.0 Å². The maximum atomic E-state index is 5.66. The van der Waals surface area contributed by atoms with E-state index in [9.17, 15) is 0 Å². The molecule has 3 rings (SSSR count). The van der Waals surface area contributed by atoms with Crippen LogP contribution in [0.15, 0.2) is 42.9 Å². The van der Waals surface area contributed by atoms with Crippen molar-refractivity contribution >= 4 is 17.0 Å². The molecule has 3 aromatic rings. The van der Waals surface area contributed by atoms with Gasteiger partial charge in [0.05, 0.1) is 11.4 Å². The Hall–Kier alpha value is -2.60. The summed E-state index contributed by atoms with van der Waals surface area (Å²) >= 11 is 0. The summed E-state index contributed by atoms with van der Waals surface area (Å²) in [5.41, 5.74) is 13.0. The van der Waals surface area contributed by atoms with Gasteiger partial charge in [0.2, 0.25) is 0 Å². The number of aryl methyl sites for hydroxylation is 1. The Morgan fingerprint density at radius 3 is 2.46 bits per heavy atom. The van der Waals surface area contributed by atoms with Crippen LogP contribution in [0.4, 0.5) is 11.4 Å². The molecule has 2 heterocycles. The van der Waals surface area contributed by atoms with E-state index in [1.807, 2.05) is 57.3 Å². The van der Waals surface area contributed by atoms with E-state index in [4.69, 9.17) is 11.6 Å². The van der Waals surface area contributed by atoms with Gasteiger partial charge in [-0.05, 0) is 48.2 Å². The molecule has 0 aliphatic carbocycles. The van der Waals surface area contributed by atoms with Crippen molar-refractivity contribution in [3.8, 4) is 0 Å². The lowest BCUT2D eigenvalue weighted by Gasteiger charge is -2.09. The molecule has 2 aromatic heterocycles. The van der Waals surface area contributed by atoms with Crippen LogP contribution in [-0.2, 0) is 0 Å². The zero-order valence-corrected chi connectivity index (χ0v) is 15.1. The number of hydrazine groups is 1. The summed E-state index contributed by atoms with van der Waals surface area (Å²) in [5, 5.41) is 3.97. The lowest BCUT2D eigenvalue weighted by molar-refractivity contribution is 0.867. The molecule has 0 saturated heterocycles. The van der Waals surface area contributed by atoms with Gasteiger partial charge in [-0.15, -0.1) is 0 Å². The first kappa shape index (κ1) is 19.4. The number of anilines is 2. The highest BCUT2D eigenvalue weighted by Crippen LogP contribution is 2.23. The Bertz CT molecular complexity index is 748. The molecule has 24 heavy (non-hydrogen) atoms. The van der Waals surface area contributed by atoms with Crippen LogP contribution in [0.1, 0.15) is 44.7 Å². The largest absolute Gasteiger partial charge is 0.397 e. The molecule has 5 N–H and O–H groups in total. The normalized spacial score (nSPS) is 9.79. The second-order valence-electron chi connectivity index (χ2n) is 5.41. The van der Waals surface area contributed by atoms with Crippen molar-refractivity contribution in [2.75, 3.05) is 11.2 Å². The Morgan fingerprint density at radius 2 is 1.83 bits per heavy atom. The van der Waals surface area contributed by atoms with Crippen LogP contribution in [0, 0.1) is 6.92 Å². The van der Waals surface area contributed by atoms with Crippen LogP contribution in [0.25, 0.3) is 5.65 Å². The average molecular weight is 328 g/mol. The van der Waals surface area contributed by atoms with Crippen molar-refractivity contribution in [2.45, 2.75) is 40.5 Å². The van der Waals surface area contributed by atoms with E-state index in [0.717, 1.165) is 11.3 Å². The molecule has 0 saturated carbocycles. The second kappa shape index (κ2) is 9.52. The maximum absolute atomic E-state index is 5.66. The third-order valence-corrected chi connectivity index (χ3v) is 3.34. The van der Waals surface area contributed by atoms with Gasteiger partial charge in [0.1, 0.15) is 6.33 Å². The van der Waals surface area contributed by atoms with Crippen molar-refractivity contribution in [1.82, 2.24) is 14.6 Å². The number of nitrogens with zero attached hydrogens (tertiary/aromatic N) is 3. The highest BCUT2D eigenvalue weighted by atomic mass is 15.3. The minimum Gasteiger partial charge on any atom is -0.397 e. The van der Waals surface area contributed by atoms with E-state index in [-0.39, 0.29) is 0 Å². The first-order chi connectivity index (χ1) is 11.5.